The fraction of sp³-hybridized carbons (Fsp3) is 0.364. The van der Waals surface area contributed by atoms with Gasteiger partial charge >= 0.3 is 0 Å². The summed E-state index contributed by atoms with van der Waals surface area (Å²) >= 11 is 0. The lowest BCUT2D eigenvalue weighted by atomic mass is 10.1. The highest BCUT2D eigenvalue weighted by molar-refractivity contribution is 5.97. The number of carbonyl (C=O) groups excluding carboxylic acids is 1. The summed E-state index contributed by atoms with van der Waals surface area (Å²) in [5.74, 6) is -0.252. The van der Waals surface area contributed by atoms with Crippen molar-refractivity contribution in [2.75, 3.05) is 26.4 Å². The van der Waals surface area contributed by atoms with E-state index in [9.17, 15) is 13.6 Å². The molecular weight excluding hydrogens is 230 g/mol. The maximum absolute atomic E-state index is 12.1. The SMILES string of the molecule is CN(C)C(=O)c1ccc(N)cc1OCC(F)F. The molecule has 0 fully saturated rings. The van der Waals surface area contributed by atoms with Crippen LogP contribution in [0, 0.1) is 0 Å². The molecule has 2 N–H and O–H groups in total. The molecule has 0 atom stereocenters. The third-order valence-electron chi connectivity index (χ3n) is 2.01. The van der Waals surface area contributed by atoms with Crippen molar-refractivity contribution in [3.8, 4) is 5.75 Å². The first kappa shape index (κ1) is 13.2. The number of nitrogens with zero attached hydrogens (tertiary/aromatic N) is 1. The number of hydrogen-bond acceptors (Lipinski definition) is 3. The quantitative estimate of drug-likeness (QED) is 0.819. The molecule has 0 spiro atoms. The zero-order valence-electron chi connectivity index (χ0n) is 9.61. The molecule has 0 aromatic heterocycles. The van der Waals surface area contributed by atoms with Crippen LogP contribution < -0.4 is 10.5 Å². The minimum Gasteiger partial charge on any atom is -0.487 e. The van der Waals surface area contributed by atoms with Crippen LogP contribution in [0.4, 0.5) is 14.5 Å². The van der Waals surface area contributed by atoms with Gasteiger partial charge in [0.1, 0.15) is 12.4 Å². The number of hydrogen-bond donors (Lipinski definition) is 1. The first-order valence-corrected chi connectivity index (χ1v) is 4.94. The van der Waals surface area contributed by atoms with Crippen LogP contribution in [-0.4, -0.2) is 37.9 Å². The number of rotatable bonds is 4. The van der Waals surface area contributed by atoms with E-state index < -0.39 is 13.0 Å². The first-order valence-electron chi connectivity index (χ1n) is 4.94. The Morgan fingerprint density at radius 2 is 2.12 bits per heavy atom. The van der Waals surface area contributed by atoms with Crippen molar-refractivity contribution in [3.05, 3.63) is 23.8 Å². The van der Waals surface area contributed by atoms with Gasteiger partial charge in [0.2, 0.25) is 0 Å². The molecule has 1 aromatic rings. The van der Waals surface area contributed by atoms with Gasteiger partial charge in [0.15, 0.2) is 0 Å². The zero-order chi connectivity index (χ0) is 13.0. The van der Waals surface area contributed by atoms with E-state index in [1.54, 1.807) is 14.1 Å². The average molecular weight is 244 g/mol. The number of nitrogen functional groups attached to an aromatic ring is 1. The Bertz CT molecular complexity index is 408. The number of anilines is 1. The fourth-order valence-corrected chi connectivity index (χ4v) is 1.23. The largest absolute Gasteiger partial charge is 0.487 e. The van der Waals surface area contributed by atoms with Gasteiger partial charge in [-0.1, -0.05) is 0 Å². The van der Waals surface area contributed by atoms with Gasteiger partial charge in [-0.15, -0.1) is 0 Å². The molecule has 0 aliphatic rings. The Morgan fingerprint density at radius 1 is 1.47 bits per heavy atom. The number of amides is 1. The summed E-state index contributed by atoms with van der Waals surface area (Å²) < 4.78 is 29.0. The molecule has 4 nitrogen and oxygen atoms in total. The highest BCUT2D eigenvalue weighted by Crippen LogP contribution is 2.23. The standard InChI is InChI=1S/C11H14F2N2O2/c1-15(2)11(16)8-4-3-7(14)5-9(8)17-6-10(12)13/h3-5,10H,6,14H2,1-2H3. The highest BCUT2D eigenvalue weighted by atomic mass is 19.3. The molecule has 0 saturated carbocycles. The van der Waals surface area contributed by atoms with Crippen LogP contribution in [0.2, 0.25) is 0 Å². The third-order valence-corrected chi connectivity index (χ3v) is 2.01. The molecule has 0 saturated heterocycles. The van der Waals surface area contributed by atoms with Crippen molar-refractivity contribution in [2.24, 2.45) is 0 Å². The first-order chi connectivity index (χ1) is 7.91. The minimum atomic E-state index is -2.60. The molecule has 0 bridgehead atoms. The van der Waals surface area contributed by atoms with E-state index in [-0.39, 0.29) is 17.2 Å². The molecule has 1 aromatic carbocycles. The predicted molar refractivity (Wildman–Crippen MR) is 60.4 cm³/mol. The van der Waals surface area contributed by atoms with E-state index in [1.807, 2.05) is 0 Å². The molecule has 1 rings (SSSR count). The lowest BCUT2D eigenvalue weighted by Gasteiger charge is -2.15. The lowest BCUT2D eigenvalue weighted by molar-refractivity contribution is 0.0758. The summed E-state index contributed by atoms with van der Waals surface area (Å²) in [5, 5.41) is 0. The monoisotopic (exact) mass is 244 g/mol. The maximum atomic E-state index is 12.1. The molecule has 0 heterocycles. The van der Waals surface area contributed by atoms with Gasteiger partial charge in [-0.05, 0) is 12.1 Å². The van der Waals surface area contributed by atoms with Gasteiger partial charge in [0, 0.05) is 25.8 Å². The average Bonchev–Trinajstić information content (AvgIpc) is 2.25. The van der Waals surface area contributed by atoms with E-state index in [0.29, 0.717) is 5.69 Å². The Kier molecular flexibility index (Phi) is 4.25. The number of benzene rings is 1. The Labute approximate surface area is 98.0 Å². The van der Waals surface area contributed by atoms with E-state index in [4.69, 9.17) is 10.5 Å². The summed E-state index contributed by atoms with van der Waals surface area (Å²) in [6.45, 7) is -0.767. The summed E-state index contributed by atoms with van der Waals surface area (Å²) in [7, 11) is 3.13. The molecular formula is C11H14F2N2O2. The molecule has 6 heteroatoms. The molecule has 0 aliphatic carbocycles. The van der Waals surface area contributed by atoms with Crippen molar-refractivity contribution in [2.45, 2.75) is 6.43 Å². The van der Waals surface area contributed by atoms with Crippen LogP contribution in [0.3, 0.4) is 0 Å². The van der Waals surface area contributed by atoms with Crippen molar-refractivity contribution in [1.82, 2.24) is 4.90 Å². The van der Waals surface area contributed by atoms with Gasteiger partial charge in [-0.3, -0.25) is 4.79 Å². The van der Waals surface area contributed by atoms with E-state index in [0.717, 1.165) is 0 Å². The van der Waals surface area contributed by atoms with Crippen LogP contribution in [0.15, 0.2) is 18.2 Å². The fourth-order valence-electron chi connectivity index (χ4n) is 1.23. The normalized spacial score (nSPS) is 10.4. The molecule has 0 unspecified atom stereocenters. The van der Waals surface area contributed by atoms with Crippen LogP contribution in [0.25, 0.3) is 0 Å². The minimum absolute atomic E-state index is 0.0731. The zero-order valence-corrected chi connectivity index (χ0v) is 9.61. The van der Waals surface area contributed by atoms with Gasteiger partial charge < -0.3 is 15.4 Å². The number of ether oxygens (including phenoxy) is 1. The molecule has 0 aliphatic heterocycles. The lowest BCUT2D eigenvalue weighted by Crippen LogP contribution is -2.23. The number of carbonyl (C=O) groups is 1. The molecule has 0 radical (unpaired) electrons. The van der Waals surface area contributed by atoms with Crippen molar-refractivity contribution in [1.29, 1.82) is 0 Å². The Balaban J connectivity index is 2.99. The third kappa shape index (κ3) is 3.58. The van der Waals surface area contributed by atoms with Gasteiger partial charge in [0.05, 0.1) is 5.56 Å². The van der Waals surface area contributed by atoms with Crippen molar-refractivity contribution >= 4 is 11.6 Å². The Morgan fingerprint density at radius 3 is 2.65 bits per heavy atom. The van der Waals surface area contributed by atoms with Crippen LogP contribution >= 0.6 is 0 Å². The summed E-state index contributed by atoms with van der Waals surface area (Å²) in [6, 6.07) is 4.34. The number of halogens is 2. The predicted octanol–water partition coefficient (Wildman–Crippen LogP) is 1.61. The second kappa shape index (κ2) is 5.47. The molecule has 1 amide bonds. The second-order valence-corrected chi connectivity index (χ2v) is 3.66. The summed E-state index contributed by atoms with van der Waals surface area (Å²) in [4.78, 5) is 13.1. The number of nitrogens with two attached hydrogens (primary N) is 1. The van der Waals surface area contributed by atoms with E-state index in [2.05, 4.69) is 0 Å². The van der Waals surface area contributed by atoms with E-state index >= 15 is 0 Å². The smallest absolute Gasteiger partial charge is 0.272 e. The topological polar surface area (TPSA) is 55.6 Å². The van der Waals surface area contributed by atoms with Gasteiger partial charge in [-0.25, -0.2) is 8.78 Å². The van der Waals surface area contributed by atoms with Gasteiger partial charge in [0.25, 0.3) is 12.3 Å². The maximum Gasteiger partial charge on any atom is 0.272 e. The second-order valence-electron chi connectivity index (χ2n) is 3.66. The van der Waals surface area contributed by atoms with Crippen molar-refractivity contribution < 1.29 is 18.3 Å². The van der Waals surface area contributed by atoms with Gasteiger partial charge in [-0.2, -0.15) is 0 Å². The van der Waals surface area contributed by atoms with Crippen LogP contribution in [0.1, 0.15) is 10.4 Å². The van der Waals surface area contributed by atoms with Crippen LogP contribution in [0.5, 0.6) is 5.75 Å². The van der Waals surface area contributed by atoms with Crippen LogP contribution in [-0.2, 0) is 0 Å². The number of alkyl halides is 2. The molecule has 94 valence electrons. The Hall–Kier alpha value is -1.85. The molecule has 17 heavy (non-hydrogen) atoms. The highest BCUT2D eigenvalue weighted by Gasteiger charge is 2.16. The van der Waals surface area contributed by atoms with Crippen molar-refractivity contribution in [3.63, 3.8) is 0 Å². The summed E-state index contributed by atoms with van der Waals surface area (Å²) in [6.07, 6.45) is -2.60. The summed E-state index contributed by atoms with van der Waals surface area (Å²) in [5.41, 5.74) is 6.08. The van der Waals surface area contributed by atoms with E-state index in [1.165, 1.54) is 23.1 Å².